The van der Waals surface area contributed by atoms with Crippen LogP contribution in [0.15, 0.2) is 0 Å². The summed E-state index contributed by atoms with van der Waals surface area (Å²) in [6.45, 7) is 17.8. The second-order valence-electron chi connectivity index (χ2n) is 6.56. The predicted molar refractivity (Wildman–Crippen MR) is 91.2 cm³/mol. The van der Waals surface area contributed by atoms with Crippen LogP contribution in [0.2, 0.25) is 0 Å². The third kappa shape index (κ3) is 1.64. The average Bonchev–Trinajstić information content (AvgIpc) is 2.87. The van der Waals surface area contributed by atoms with E-state index in [1.807, 2.05) is 0 Å². The zero-order chi connectivity index (χ0) is 15.6. The van der Waals surface area contributed by atoms with Gasteiger partial charge in [-0.25, -0.2) is 5.32 Å². The monoisotopic (exact) mass is 278 g/mol. The van der Waals surface area contributed by atoms with E-state index < -0.39 is 0 Å². The van der Waals surface area contributed by atoms with Crippen LogP contribution in [0.3, 0.4) is 0 Å². The second kappa shape index (κ2) is 4.37. The molecule has 1 heteroatoms. The highest BCUT2D eigenvalue weighted by Crippen LogP contribution is 2.52. The van der Waals surface area contributed by atoms with E-state index in [1.54, 1.807) is 0 Å². The highest BCUT2D eigenvalue weighted by molar-refractivity contribution is 5.98. The van der Waals surface area contributed by atoms with Crippen LogP contribution in [0.4, 0.5) is 11.4 Å². The maximum absolute atomic E-state index is 5.04. The molecule has 2 aromatic rings. The number of fused-ring (bicyclic) bond motifs is 3. The van der Waals surface area contributed by atoms with Gasteiger partial charge in [0.25, 0.3) is 0 Å². The minimum absolute atomic E-state index is 1.20. The Hall–Kier alpha value is -1.76. The van der Waals surface area contributed by atoms with E-state index in [-0.39, 0.29) is 0 Å². The molecule has 0 saturated heterocycles. The molecule has 3 rings (SSSR count). The van der Waals surface area contributed by atoms with Crippen LogP contribution in [-0.4, -0.2) is 0 Å². The Morgan fingerprint density at radius 3 is 1.00 bits per heavy atom. The first-order chi connectivity index (χ1) is 9.77. The van der Waals surface area contributed by atoms with Crippen LogP contribution in [0, 0.1) is 55.4 Å². The number of hydrogen-bond donors (Lipinski definition) is 0. The molecule has 0 atom stereocenters. The molecule has 0 fully saturated rings. The Kier molecular flexibility index (Phi) is 2.95. The van der Waals surface area contributed by atoms with Gasteiger partial charge < -0.3 is 0 Å². The van der Waals surface area contributed by atoms with Gasteiger partial charge in [0.1, 0.15) is 0 Å². The third-order valence-electron chi connectivity index (χ3n) is 5.78. The predicted octanol–water partition coefficient (Wildman–Crippen LogP) is 5.70. The quantitative estimate of drug-likeness (QED) is 0.500. The minimum atomic E-state index is 1.20. The Labute approximate surface area is 128 Å². The molecule has 1 aliphatic rings. The van der Waals surface area contributed by atoms with Crippen LogP contribution in [0.1, 0.15) is 44.5 Å². The molecule has 0 saturated carbocycles. The summed E-state index contributed by atoms with van der Waals surface area (Å²) in [7, 11) is 0. The van der Waals surface area contributed by atoms with Crippen molar-refractivity contribution in [2.24, 2.45) is 0 Å². The van der Waals surface area contributed by atoms with E-state index in [1.165, 1.54) is 67.0 Å². The van der Waals surface area contributed by atoms with Gasteiger partial charge >= 0.3 is 0 Å². The van der Waals surface area contributed by atoms with Crippen molar-refractivity contribution < 1.29 is 0 Å². The molecule has 0 unspecified atom stereocenters. The molecule has 109 valence electrons. The van der Waals surface area contributed by atoms with Crippen molar-refractivity contribution in [2.75, 3.05) is 0 Å². The van der Waals surface area contributed by atoms with Crippen LogP contribution in [0.5, 0.6) is 0 Å². The first kappa shape index (κ1) is 14.2. The molecule has 0 N–H and O–H groups in total. The Balaban J connectivity index is 2.49. The average molecular weight is 278 g/mol. The Bertz CT molecular complexity index is 727. The molecule has 0 bridgehead atoms. The maximum atomic E-state index is 5.04. The summed E-state index contributed by atoms with van der Waals surface area (Å²) in [5.41, 5.74) is 16.2. The van der Waals surface area contributed by atoms with E-state index >= 15 is 0 Å². The summed E-state index contributed by atoms with van der Waals surface area (Å²) in [6.07, 6.45) is 0. The molecule has 21 heavy (non-hydrogen) atoms. The number of hydrogen-bond acceptors (Lipinski definition) is 0. The normalized spacial score (nSPS) is 12.2. The van der Waals surface area contributed by atoms with E-state index in [9.17, 15) is 0 Å². The van der Waals surface area contributed by atoms with E-state index in [4.69, 9.17) is 5.32 Å². The van der Waals surface area contributed by atoms with Gasteiger partial charge in [0.2, 0.25) is 0 Å². The van der Waals surface area contributed by atoms with Crippen molar-refractivity contribution in [1.82, 2.24) is 5.32 Å². The number of benzene rings is 2. The molecule has 1 nitrogen and oxygen atoms in total. The van der Waals surface area contributed by atoms with Gasteiger partial charge in [-0.1, -0.05) is 0 Å². The highest BCUT2D eigenvalue weighted by Gasteiger charge is 2.30. The van der Waals surface area contributed by atoms with Gasteiger partial charge in [-0.2, -0.15) is 0 Å². The van der Waals surface area contributed by atoms with Gasteiger partial charge in [-0.15, -0.1) is 0 Å². The molecule has 1 radical (unpaired) electrons. The van der Waals surface area contributed by atoms with Gasteiger partial charge in [-0.05, 0) is 99.9 Å². The van der Waals surface area contributed by atoms with Gasteiger partial charge in [0.05, 0.1) is 11.4 Å². The number of rotatable bonds is 0. The van der Waals surface area contributed by atoms with Gasteiger partial charge in [0, 0.05) is 11.1 Å². The third-order valence-corrected chi connectivity index (χ3v) is 5.78. The van der Waals surface area contributed by atoms with Crippen LogP contribution >= 0.6 is 0 Å². The summed E-state index contributed by atoms with van der Waals surface area (Å²) >= 11 is 0. The second-order valence-corrected chi connectivity index (χ2v) is 6.56. The fraction of sp³-hybridized carbons (Fsp3) is 0.400. The number of nitrogens with zero attached hydrogens (tertiary/aromatic N) is 1. The van der Waals surface area contributed by atoms with E-state index in [2.05, 4.69) is 55.4 Å². The molecule has 1 heterocycles. The zero-order valence-electron chi connectivity index (χ0n) is 14.4. The lowest BCUT2D eigenvalue weighted by Crippen LogP contribution is -1.97. The molecular formula is C20H24N. The van der Waals surface area contributed by atoms with E-state index in [0.29, 0.717) is 0 Å². The van der Waals surface area contributed by atoms with Crippen molar-refractivity contribution in [3.05, 3.63) is 44.5 Å². The van der Waals surface area contributed by atoms with Crippen molar-refractivity contribution >= 4 is 11.4 Å². The first-order valence-corrected chi connectivity index (χ1v) is 7.70. The van der Waals surface area contributed by atoms with E-state index in [0.717, 1.165) is 0 Å². The van der Waals surface area contributed by atoms with Gasteiger partial charge in [-0.3, -0.25) is 0 Å². The van der Waals surface area contributed by atoms with Crippen molar-refractivity contribution in [3.63, 3.8) is 0 Å². The van der Waals surface area contributed by atoms with Crippen molar-refractivity contribution in [2.45, 2.75) is 55.4 Å². The lowest BCUT2D eigenvalue weighted by atomic mass is 9.86. The standard InChI is InChI=1S/C20H24N/c1-9-11(3)15(7)19-17(13(9)5)18-14(6)10(2)12(4)16(8)20(18)21-19/h1-8H3. The van der Waals surface area contributed by atoms with Crippen molar-refractivity contribution in [1.29, 1.82) is 0 Å². The molecular weight excluding hydrogens is 254 g/mol. The minimum Gasteiger partial charge on any atom is -0.247 e. The summed E-state index contributed by atoms with van der Waals surface area (Å²) in [5, 5.41) is 5.04. The zero-order valence-corrected chi connectivity index (χ0v) is 14.4. The van der Waals surface area contributed by atoms with Crippen LogP contribution < -0.4 is 5.32 Å². The summed E-state index contributed by atoms with van der Waals surface area (Å²) in [5.74, 6) is 0. The summed E-state index contributed by atoms with van der Waals surface area (Å²) in [6, 6.07) is 0. The largest absolute Gasteiger partial charge is 0.247 e. The van der Waals surface area contributed by atoms with Crippen LogP contribution in [-0.2, 0) is 0 Å². The lowest BCUT2D eigenvalue weighted by Gasteiger charge is -2.17. The Morgan fingerprint density at radius 1 is 0.381 bits per heavy atom. The lowest BCUT2D eigenvalue weighted by molar-refractivity contribution is 1.13. The summed E-state index contributed by atoms with van der Waals surface area (Å²) in [4.78, 5) is 0. The Morgan fingerprint density at radius 2 is 0.667 bits per heavy atom. The SMILES string of the molecule is Cc1c(C)c(C)c2c(c1C)[N]c1c(C)c(C)c(C)c(C)c1-2. The molecule has 0 aliphatic carbocycles. The fourth-order valence-electron chi connectivity index (χ4n) is 3.59. The fourth-order valence-corrected chi connectivity index (χ4v) is 3.59. The molecule has 1 aliphatic heterocycles. The smallest absolute Gasteiger partial charge is 0.0751 e. The molecule has 0 spiro atoms. The molecule has 0 aromatic heterocycles. The molecule has 0 amide bonds. The van der Waals surface area contributed by atoms with Crippen molar-refractivity contribution in [3.8, 4) is 11.1 Å². The first-order valence-electron chi connectivity index (χ1n) is 7.70. The van der Waals surface area contributed by atoms with Gasteiger partial charge in [0.15, 0.2) is 0 Å². The summed E-state index contributed by atoms with van der Waals surface area (Å²) < 4.78 is 0. The highest BCUT2D eigenvalue weighted by atomic mass is 14.9. The van der Waals surface area contributed by atoms with Crippen LogP contribution in [0.25, 0.3) is 11.1 Å². The topological polar surface area (TPSA) is 14.1 Å². The maximum Gasteiger partial charge on any atom is 0.0751 e. The molecule has 2 aromatic carbocycles.